The number of amides is 1. The summed E-state index contributed by atoms with van der Waals surface area (Å²) in [5.74, 6) is -0.107. The summed E-state index contributed by atoms with van der Waals surface area (Å²) in [5, 5.41) is 13.8. The van der Waals surface area contributed by atoms with Gasteiger partial charge >= 0.3 is 0 Å². The second-order valence-corrected chi connectivity index (χ2v) is 4.90. The number of nitrogens with zero attached hydrogens (tertiary/aromatic N) is 2. The number of carbonyl (C=O) groups excluding carboxylic acids is 1. The molecule has 0 saturated carbocycles. The molecule has 0 unspecified atom stereocenters. The molecule has 0 spiro atoms. The number of benzene rings is 1. The average molecular weight is 350 g/mol. The molecule has 2 aromatic rings. The Hall–Kier alpha value is -2.41. The Kier molecular flexibility index (Phi) is 4.89. The van der Waals surface area contributed by atoms with Gasteiger partial charge in [0.25, 0.3) is 5.91 Å². The highest BCUT2D eigenvalue weighted by atomic mass is 79.9. The van der Waals surface area contributed by atoms with Crippen molar-refractivity contribution in [3.8, 4) is 11.5 Å². The van der Waals surface area contributed by atoms with E-state index in [4.69, 9.17) is 4.74 Å². The summed E-state index contributed by atoms with van der Waals surface area (Å²) >= 11 is 3.30. The Morgan fingerprint density at radius 3 is 2.81 bits per heavy atom. The molecule has 2 rings (SSSR count). The number of halogens is 1. The number of nitrogens with one attached hydrogen (secondary N) is 1. The Balaban J connectivity index is 2.12. The van der Waals surface area contributed by atoms with Crippen LogP contribution in [0, 0.1) is 0 Å². The van der Waals surface area contributed by atoms with E-state index >= 15 is 0 Å². The first kappa shape index (κ1) is 15.0. The minimum Gasteiger partial charge on any atom is -0.504 e. The van der Waals surface area contributed by atoms with E-state index in [1.165, 1.54) is 25.7 Å². The third-order valence-corrected chi connectivity index (χ3v) is 3.06. The number of aromatic hydroxyl groups is 1. The maximum absolute atomic E-state index is 11.8. The number of phenolic OH excluding ortho intramolecular Hbond substituents is 1. The normalized spacial score (nSPS) is 10.6. The van der Waals surface area contributed by atoms with Crippen molar-refractivity contribution < 1.29 is 14.6 Å². The van der Waals surface area contributed by atoms with Crippen LogP contribution in [0.25, 0.3) is 0 Å². The highest BCUT2D eigenvalue weighted by molar-refractivity contribution is 9.10. The van der Waals surface area contributed by atoms with Gasteiger partial charge in [-0.15, -0.1) is 0 Å². The van der Waals surface area contributed by atoms with Crippen molar-refractivity contribution in [2.45, 2.75) is 0 Å². The van der Waals surface area contributed by atoms with Crippen LogP contribution in [-0.4, -0.2) is 29.3 Å². The van der Waals surface area contributed by atoms with Crippen LogP contribution in [0.15, 0.2) is 46.2 Å². The van der Waals surface area contributed by atoms with Crippen molar-refractivity contribution in [2.24, 2.45) is 5.10 Å². The second kappa shape index (κ2) is 6.85. The van der Waals surface area contributed by atoms with Crippen molar-refractivity contribution in [3.63, 3.8) is 0 Å². The summed E-state index contributed by atoms with van der Waals surface area (Å²) < 4.78 is 5.75. The highest BCUT2D eigenvalue weighted by Gasteiger charge is 2.08. The van der Waals surface area contributed by atoms with Crippen molar-refractivity contribution >= 4 is 28.1 Å². The molecule has 1 aromatic heterocycles. The molecule has 1 aromatic carbocycles. The lowest BCUT2D eigenvalue weighted by atomic mass is 10.2. The fourth-order valence-electron chi connectivity index (χ4n) is 1.58. The molecule has 0 saturated heterocycles. The lowest BCUT2D eigenvalue weighted by Crippen LogP contribution is -2.17. The van der Waals surface area contributed by atoms with Crippen LogP contribution in [-0.2, 0) is 0 Å². The number of phenols is 1. The summed E-state index contributed by atoms with van der Waals surface area (Å²) in [6.45, 7) is 0. The van der Waals surface area contributed by atoms with E-state index in [9.17, 15) is 9.90 Å². The predicted octanol–water partition coefficient (Wildman–Crippen LogP) is 2.32. The van der Waals surface area contributed by atoms with Crippen molar-refractivity contribution in [1.82, 2.24) is 10.4 Å². The molecular weight excluding hydrogens is 338 g/mol. The largest absolute Gasteiger partial charge is 0.504 e. The number of aromatic nitrogens is 1. The molecule has 0 bridgehead atoms. The Bertz CT molecular complexity index is 675. The first-order valence-corrected chi connectivity index (χ1v) is 6.71. The van der Waals surface area contributed by atoms with Crippen molar-refractivity contribution in [2.75, 3.05) is 7.11 Å². The molecule has 0 aliphatic rings. The predicted molar refractivity (Wildman–Crippen MR) is 81.7 cm³/mol. The third kappa shape index (κ3) is 3.79. The zero-order valence-electron chi connectivity index (χ0n) is 11.1. The maximum Gasteiger partial charge on any atom is 0.271 e. The van der Waals surface area contributed by atoms with E-state index in [2.05, 4.69) is 31.4 Å². The smallest absolute Gasteiger partial charge is 0.271 e. The number of hydrogen-bond acceptors (Lipinski definition) is 5. The molecular formula is C14H12BrN3O3. The van der Waals surface area contributed by atoms with E-state index in [0.717, 1.165) is 4.47 Å². The number of methoxy groups -OCH3 is 1. The van der Waals surface area contributed by atoms with Gasteiger partial charge in [-0.05, 0) is 24.3 Å². The first-order valence-electron chi connectivity index (χ1n) is 5.91. The SMILES string of the molecule is COc1cc(Br)cc(C=NNC(=O)c2ccncc2)c1O. The van der Waals surface area contributed by atoms with Crippen molar-refractivity contribution in [1.29, 1.82) is 0 Å². The molecule has 2 N–H and O–H groups in total. The van der Waals surface area contributed by atoms with E-state index in [-0.39, 0.29) is 11.7 Å². The minimum atomic E-state index is -0.366. The number of ether oxygens (including phenoxy) is 1. The van der Waals surface area contributed by atoms with Gasteiger partial charge in [-0.25, -0.2) is 5.43 Å². The van der Waals surface area contributed by atoms with Gasteiger partial charge in [0.1, 0.15) is 0 Å². The standard InChI is InChI=1S/C14H12BrN3O3/c1-21-12-7-11(15)6-10(13(12)19)8-17-18-14(20)9-2-4-16-5-3-9/h2-8,19H,1H3,(H,18,20). The molecule has 0 fully saturated rings. The van der Waals surface area contributed by atoms with Crippen LogP contribution < -0.4 is 10.2 Å². The maximum atomic E-state index is 11.8. The van der Waals surface area contributed by atoms with E-state index in [1.54, 1.807) is 24.3 Å². The number of hydrazone groups is 1. The highest BCUT2D eigenvalue weighted by Crippen LogP contribution is 2.32. The molecule has 6 nitrogen and oxygen atoms in total. The average Bonchev–Trinajstić information content (AvgIpc) is 2.51. The molecule has 0 aliphatic heterocycles. The number of rotatable bonds is 4. The summed E-state index contributed by atoms with van der Waals surface area (Å²) in [6, 6.07) is 6.43. The van der Waals surface area contributed by atoms with E-state index in [0.29, 0.717) is 16.9 Å². The fraction of sp³-hybridized carbons (Fsp3) is 0.0714. The minimum absolute atomic E-state index is 0.0531. The van der Waals surface area contributed by atoms with Gasteiger partial charge in [-0.2, -0.15) is 5.10 Å². The molecule has 1 heterocycles. The van der Waals surface area contributed by atoms with Gasteiger partial charge in [-0.1, -0.05) is 15.9 Å². The van der Waals surface area contributed by atoms with Gasteiger partial charge < -0.3 is 9.84 Å². The van der Waals surface area contributed by atoms with Gasteiger partial charge in [0.2, 0.25) is 0 Å². The molecule has 7 heteroatoms. The lowest BCUT2D eigenvalue weighted by Gasteiger charge is -2.06. The summed E-state index contributed by atoms with van der Waals surface area (Å²) in [5.41, 5.74) is 3.22. The first-order chi connectivity index (χ1) is 10.1. The number of carbonyl (C=O) groups is 1. The van der Waals surface area contributed by atoms with Crippen molar-refractivity contribution in [3.05, 3.63) is 52.3 Å². The Labute approximate surface area is 129 Å². The van der Waals surface area contributed by atoms with E-state index < -0.39 is 0 Å². The van der Waals surface area contributed by atoms with Crippen LogP contribution in [0.4, 0.5) is 0 Å². The van der Waals surface area contributed by atoms with Crippen LogP contribution >= 0.6 is 15.9 Å². The molecule has 0 radical (unpaired) electrons. The Morgan fingerprint density at radius 1 is 1.43 bits per heavy atom. The van der Waals surface area contributed by atoms with Gasteiger partial charge in [-0.3, -0.25) is 9.78 Å². The Morgan fingerprint density at radius 2 is 2.14 bits per heavy atom. The zero-order chi connectivity index (χ0) is 15.2. The summed E-state index contributed by atoms with van der Waals surface area (Å²) in [7, 11) is 1.45. The summed E-state index contributed by atoms with van der Waals surface area (Å²) in [6.07, 6.45) is 4.37. The zero-order valence-corrected chi connectivity index (χ0v) is 12.7. The third-order valence-electron chi connectivity index (χ3n) is 2.60. The lowest BCUT2D eigenvalue weighted by molar-refractivity contribution is 0.0955. The molecule has 0 atom stereocenters. The molecule has 0 aliphatic carbocycles. The monoisotopic (exact) mass is 349 g/mol. The van der Waals surface area contributed by atoms with Gasteiger partial charge in [0.15, 0.2) is 11.5 Å². The number of hydrogen-bond donors (Lipinski definition) is 2. The second-order valence-electron chi connectivity index (χ2n) is 3.98. The molecule has 21 heavy (non-hydrogen) atoms. The van der Waals surface area contributed by atoms with Crippen LogP contribution in [0.2, 0.25) is 0 Å². The molecule has 108 valence electrons. The number of pyridine rings is 1. The van der Waals surface area contributed by atoms with Gasteiger partial charge in [0, 0.05) is 28.0 Å². The topological polar surface area (TPSA) is 83.8 Å². The summed E-state index contributed by atoms with van der Waals surface area (Å²) in [4.78, 5) is 15.6. The quantitative estimate of drug-likeness (QED) is 0.655. The van der Waals surface area contributed by atoms with Crippen LogP contribution in [0.3, 0.4) is 0 Å². The fourth-order valence-corrected chi connectivity index (χ4v) is 2.03. The van der Waals surface area contributed by atoms with E-state index in [1.807, 2.05) is 0 Å². The molecule has 1 amide bonds. The van der Waals surface area contributed by atoms with Gasteiger partial charge in [0.05, 0.1) is 13.3 Å². The van der Waals surface area contributed by atoms with Crippen LogP contribution in [0.1, 0.15) is 15.9 Å². The van der Waals surface area contributed by atoms with Crippen LogP contribution in [0.5, 0.6) is 11.5 Å².